The number of ether oxygens (including phenoxy) is 1. The Bertz CT molecular complexity index is 486. The lowest BCUT2D eigenvalue weighted by Gasteiger charge is -2.31. The Kier molecular flexibility index (Phi) is 5.62. The van der Waals surface area contributed by atoms with Gasteiger partial charge in [0.25, 0.3) is 5.91 Å². The molecule has 2 N–H and O–H groups in total. The average Bonchev–Trinajstić information content (AvgIpc) is 2.49. The summed E-state index contributed by atoms with van der Waals surface area (Å²) in [6.45, 7) is 5.08. The molecular weight excluding hydrogens is 264 g/mol. The van der Waals surface area contributed by atoms with E-state index in [4.69, 9.17) is 4.74 Å². The summed E-state index contributed by atoms with van der Waals surface area (Å²) in [6, 6.07) is 6.23. The van der Waals surface area contributed by atoms with E-state index in [1.54, 1.807) is 7.05 Å². The van der Waals surface area contributed by atoms with Crippen molar-refractivity contribution in [2.24, 2.45) is 0 Å². The summed E-state index contributed by atoms with van der Waals surface area (Å²) in [7, 11) is 1.66. The molecule has 0 saturated carbocycles. The van der Waals surface area contributed by atoms with Gasteiger partial charge >= 0.3 is 0 Å². The highest BCUT2D eigenvalue weighted by atomic mass is 16.5. The molecule has 0 spiro atoms. The molecule has 2 rings (SSSR count). The molecule has 116 valence electrons. The molecule has 1 saturated heterocycles. The summed E-state index contributed by atoms with van der Waals surface area (Å²) in [6.07, 6.45) is 4.70. The van der Waals surface area contributed by atoms with E-state index < -0.39 is 0 Å². The predicted molar refractivity (Wildman–Crippen MR) is 85.9 cm³/mol. The maximum Gasteiger partial charge on any atom is 0.251 e. The van der Waals surface area contributed by atoms with Crippen molar-refractivity contribution >= 4 is 11.6 Å². The number of carbonyl (C=O) groups is 1. The van der Waals surface area contributed by atoms with Gasteiger partial charge in [-0.15, -0.1) is 0 Å². The van der Waals surface area contributed by atoms with Gasteiger partial charge in [0.05, 0.1) is 6.10 Å². The fourth-order valence-electron chi connectivity index (χ4n) is 2.82. The molecule has 0 aromatic heterocycles. The summed E-state index contributed by atoms with van der Waals surface area (Å²) in [4.78, 5) is 11.7. The first kappa shape index (κ1) is 15.8. The molecule has 1 amide bonds. The van der Waals surface area contributed by atoms with Crippen molar-refractivity contribution in [3.8, 4) is 0 Å². The van der Waals surface area contributed by atoms with Crippen LogP contribution >= 0.6 is 0 Å². The third kappa shape index (κ3) is 4.21. The van der Waals surface area contributed by atoms with Crippen LogP contribution in [0.5, 0.6) is 0 Å². The maximum atomic E-state index is 11.7. The molecule has 1 aliphatic heterocycles. The molecular formula is C17H26N2O2. The van der Waals surface area contributed by atoms with E-state index in [-0.39, 0.29) is 5.91 Å². The van der Waals surface area contributed by atoms with Gasteiger partial charge in [-0.1, -0.05) is 19.4 Å². The second-order valence-electron chi connectivity index (χ2n) is 5.76. The quantitative estimate of drug-likeness (QED) is 0.876. The van der Waals surface area contributed by atoms with Gasteiger partial charge in [-0.2, -0.15) is 0 Å². The van der Waals surface area contributed by atoms with E-state index in [1.165, 1.54) is 5.56 Å². The summed E-state index contributed by atoms with van der Waals surface area (Å²) in [5.74, 6) is -0.0473. The molecule has 0 radical (unpaired) electrons. The molecule has 1 aliphatic rings. The summed E-state index contributed by atoms with van der Waals surface area (Å²) >= 11 is 0. The van der Waals surface area contributed by atoms with Crippen LogP contribution in [-0.2, 0) is 4.74 Å². The van der Waals surface area contributed by atoms with Crippen LogP contribution in [-0.4, -0.2) is 31.7 Å². The van der Waals surface area contributed by atoms with E-state index in [1.807, 2.05) is 18.2 Å². The van der Waals surface area contributed by atoms with Crippen molar-refractivity contribution in [1.82, 2.24) is 5.32 Å². The van der Waals surface area contributed by atoms with Gasteiger partial charge in [-0.05, 0) is 43.9 Å². The van der Waals surface area contributed by atoms with Crippen molar-refractivity contribution in [2.45, 2.75) is 51.7 Å². The van der Waals surface area contributed by atoms with E-state index in [9.17, 15) is 4.79 Å². The molecule has 2 atom stereocenters. The Labute approximate surface area is 127 Å². The zero-order valence-corrected chi connectivity index (χ0v) is 13.2. The smallest absolute Gasteiger partial charge is 0.251 e. The lowest BCUT2D eigenvalue weighted by atomic mass is 9.99. The largest absolute Gasteiger partial charge is 0.382 e. The molecule has 0 aliphatic carbocycles. The van der Waals surface area contributed by atoms with Crippen molar-refractivity contribution in [2.75, 3.05) is 19.0 Å². The minimum atomic E-state index is -0.0473. The fraction of sp³-hybridized carbons (Fsp3) is 0.588. The zero-order chi connectivity index (χ0) is 15.2. The third-order valence-corrected chi connectivity index (χ3v) is 4.06. The Morgan fingerprint density at radius 2 is 2.24 bits per heavy atom. The first-order valence-electron chi connectivity index (χ1n) is 7.85. The minimum Gasteiger partial charge on any atom is -0.382 e. The first-order chi connectivity index (χ1) is 10.1. The van der Waals surface area contributed by atoms with Crippen molar-refractivity contribution in [1.29, 1.82) is 0 Å². The Morgan fingerprint density at radius 1 is 1.43 bits per heavy atom. The highest BCUT2D eigenvalue weighted by Crippen LogP contribution is 2.24. The van der Waals surface area contributed by atoms with Crippen LogP contribution in [0.15, 0.2) is 18.2 Å². The SMILES string of the molecule is CCCC1CC(Nc2cc(C(=O)NC)ccc2C)CCO1. The number of aryl methyl sites for hydroxylation is 1. The Balaban J connectivity index is 2.06. The molecule has 1 fully saturated rings. The van der Waals surface area contributed by atoms with Crippen molar-refractivity contribution in [3.63, 3.8) is 0 Å². The van der Waals surface area contributed by atoms with Gasteiger partial charge in [0, 0.05) is 30.9 Å². The van der Waals surface area contributed by atoms with Crippen LogP contribution in [0.4, 0.5) is 5.69 Å². The number of amides is 1. The van der Waals surface area contributed by atoms with Crippen LogP contribution < -0.4 is 10.6 Å². The summed E-state index contributed by atoms with van der Waals surface area (Å²) < 4.78 is 5.79. The highest BCUT2D eigenvalue weighted by molar-refractivity contribution is 5.95. The predicted octanol–water partition coefficient (Wildman–Crippen LogP) is 3.11. The molecule has 4 heteroatoms. The summed E-state index contributed by atoms with van der Waals surface area (Å²) in [5.41, 5.74) is 2.92. The van der Waals surface area contributed by atoms with Gasteiger partial charge in [0.1, 0.15) is 0 Å². The van der Waals surface area contributed by atoms with Gasteiger partial charge < -0.3 is 15.4 Å². The maximum absolute atomic E-state index is 11.7. The van der Waals surface area contributed by atoms with Crippen molar-refractivity contribution in [3.05, 3.63) is 29.3 Å². The minimum absolute atomic E-state index is 0.0473. The molecule has 2 unspecified atom stereocenters. The Morgan fingerprint density at radius 3 is 2.95 bits per heavy atom. The number of anilines is 1. The molecule has 0 bridgehead atoms. The van der Waals surface area contributed by atoms with Crippen molar-refractivity contribution < 1.29 is 9.53 Å². The van der Waals surface area contributed by atoms with Gasteiger partial charge in [0.15, 0.2) is 0 Å². The van der Waals surface area contributed by atoms with Gasteiger partial charge in [-0.25, -0.2) is 0 Å². The fourth-order valence-corrected chi connectivity index (χ4v) is 2.82. The van der Waals surface area contributed by atoms with E-state index in [2.05, 4.69) is 24.5 Å². The first-order valence-corrected chi connectivity index (χ1v) is 7.85. The number of hydrogen-bond acceptors (Lipinski definition) is 3. The monoisotopic (exact) mass is 290 g/mol. The van der Waals surface area contributed by atoms with Crippen LogP contribution in [0, 0.1) is 6.92 Å². The number of carbonyl (C=O) groups excluding carboxylic acids is 1. The topological polar surface area (TPSA) is 50.4 Å². The number of rotatable bonds is 5. The lowest BCUT2D eigenvalue weighted by Crippen LogP contribution is -2.34. The normalized spacial score (nSPS) is 21.9. The standard InChI is InChI=1S/C17H26N2O2/c1-4-5-15-11-14(8-9-21-15)19-16-10-13(17(20)18-3)7-6-12(16)2/h6-7,10,14-15,19H,4-5,8-9,11H2,1-3H3,(H,18,20). The number of nitrogens with one attached hydrogen (secondary N) is 2. The van der Waals surface area contributed by atoms with Crippen LogP contribution in [0.25, 0.3) is 0 Å². The molecule has 1 aromatic carbocycles. The second-order valence-corrected chi connectivity index (χ2v) is 5.76. The molecule has 4 nitrogen and oxygen atoms in total. The third-order valence-electron chi connectivity index (χ3n) is 4.06. The summed E-state index contributed by atoms with van der Waals surface area (Å²) in [5, 5.41) is 6.27. The second kappa shape index (κ2) is 7.46. The van der Waals surface area contributed by atoms with E-state index in [0.717, 1.165) is 38.0 Å². The molecule has 1 aromatic rings. The van der Waals surface area contributed by atoms with E-state index >= 15 is 0 Å². The Hall–Kier alpha value is -1.55. The molecule has 1 heterocycles. The van der Waals surface area contributed by atoms with Gasteiger partial charge in [0.2, 0.25) is 0 Å². The van der Waals surface area contributed by atoms with Gasteiger partial charge in [-0.3, -0.25) is 4.79 Å². The lowest BCUT2D eigenvalue weighted by molar-refractivity contribution is 0.00596. The highest BCUT2D eigenvalue weighted by Gasteiger charge is 2.22. The van der Waals surface area contributed by atoms with E-state index in [0.29, 0.717) is 17.7 Å². The van der Waals surface area contributed by atoms with Crippen LogP contribution in [0.1, 0.15) is 48.5 Å². The zero-order valence-electron chi connectivity index (χ0n) is 13.2. The molecule has 21 heavy (non-hydrogen) atoms. The average molecular weight is 290 g/mol. The van der Waals surface area contributed by atoms with Crippen LogP contribution in [0.2, 0.25) is 0 Å². The number of hydrogen-bond donors (Lipinski definition) is 2. The van der Waals surface area contributed by atoms with Crippen LogP contribution in [0.3, 0.4) is 0 Å². The number of benzene rings is 1.